The van der Waals surface area contributed by atoms with Gasteiger partial charge in [-0.3, -0.25) is 0 Å². The minimum atomic E-state index is -0.972. The molecule has 36 heavy (non-hydrogen) atoms. The number of carbonyl (C=O) groups is 2. The van der Waals surface area contributed by atoms with Crippen molar-refractivity contribution in [2.24, 2.45) is 0 Å². The Hall–Kier alpha value is -3.06. The van der Waals surface area contributed by atoms with Gasteiger partial charge in [-0.2, -0.15) is 0 Å². The van der Waals surface area contributed by atoms with E-state index in [2.05, 4.69) is 6.92 Å². The van der Waals surface area contributed by atoms with E-state index in [9.17, 15) is 14.7 Å². The topological polar surface area (TPSA) is 85.3 Å². The minimum Gasteiger partial charge on any atom is -0.492 e. The van der Waals surface area contributed by atoms with E-state index in [0.717, 1.165) is 24.0 Å². The molecule has 1 unspecified atom stereocenters. The van der Waals surface area contributed by atoms with Gasteiger partial charge in [0.05, 0.1) is 6.54 Å². The molecule has 0 saturated heterocycles. The van der Waals surface area contributed by atoms with Crippen LogP contribution in [0.3, 0.4) is 0 Å². The third kappa shape index (κ3) is 11.1. The predicted octanol–water partition coefficient (Wildman–Crippen LogP) is 6.27. The number of unbranched alkanes of at least 4 members (excludes halogenated alkanes) is 5. The molecule has 1 amide bonds. The number of ether oxygens (including phenoxy) is 3. The monoisotopic (exact) mass is 499 g/mol. The van der Waals surface area contributed by atoms with Crippen LogP contribution in [-0.2, 0) is 16.0 Å². The third-order valence-corrected chi connectivity index (χ3v) is 5.85. The molecule has 2 rings (SSSR count). The van der Waals surface area contributed by atoms with E-state index in [1.165, 1.54) is 25.7 Å². The van der Waals surface area contributed by atoms with Gasteiger partial charge in [-0.15, -0.1) is 0 Å². The summed E-state index contributed by atoms with van der Waals surface area (Å²) in [4.78, 5) is 25.9. The largest absolute Gasteiger partial charge is 0.492 e. The summed E-state index contributed by atoms with van der Waals surface area (Å²) in [6.07, 6.45) is 5.90. The molecule has 0 saturated carbocycles. The summed E-state index contributed by atoms with van der Waals surface area (Å²) in [7, 11) is 0. The SMILES string of the molecule is CCCCCCCCN(CCOc1ccc(CC(OCC)C(=O)O)cc1)C(=O)Oc1cccc(C)c1. The van der Waals surface area contributed by atoms with Crippen LogP contribution in [0.2, 0.25) is 0 Å². The Bertz CT molecular complexity index is 914. The Balaban J connectivity index is 1.89. The Labute approximate surface area is 215 Å². The molecule has 2 aromatic carbocycles. The van der Waals surface area contributed by atoms with Crippen LogP contribution in [0.5, 0.6) is 11.5 Å². The smallest absolute Gasteiger partial charge is 0.415 e. The van der Waals surface area contributed by atoms with Gasteiger partial charge in [0, 0.05) is 19.6 Å². The second-order valence-electron chi connectivity index (χ2n) is 8.92. The zero-order chi connectivity index (χ0) is 26.2. The maximum atomic E-state index is 12.9. The van der Waals surface area contributed by atoms with Crippen LogP contribution in [0, 0.1) is 6.92 Å². The summed E-state index contributed by atoms with van der Waals surface area (Å²) in [6, 6.07) is 14.8. The maximum Gasteiger partial charge on any atom is 0.415 e. The summed E-state index contributed by atoms with van der Waals surface area (Å²) >= 11 is 0. The Morgan fingerprint density at radius 1 is 0.917 bits per heavy atom. The molecule has 0 aromatic heterocycles. The van der Waals surface area contributed by atoms with Crippen molar-refractivity contribution in [1.29, 1.82) is 0 Å². The third-order valence-electron chi connectivity index (χ3n) is 5.85. The van der Waals surface area contributed by atoms with E-state index in [1.807, 2.05) is 49.4 Å². The number of aryl methyl sites for hydroxylation is 1. The number of carboxylic acids is 1. The average molecular weight is 500 g/mol. The molecule has 7 nitrogen and oxygen atoms in total. The molecular weight excluding hydrogens is 458 g/mol. The first-order valence-electron chi connectivity index (χ1n) is 13.0. The Morgan fingerprint density at radius 2 is 1.64 bits per heavy atom. The van der Waals surface area contributed by atoms with Crippen LogP contribution in [0.4, 0.5) is 4.79 Å². The fourth-order valence-corrected chi connectivity index (χ4v) is 3.85. The fourth-order valence-electron chi connectivity index (χ4n) is 3.85. The van der Waals surface area contributed by atoms with Crippen LogP contribution in [-0.4, -0.2) is 54.5 Å². The lowest BCUT2D eigenvalue weighted by atomic mass is 10.1. The van der Waals surface area contributed by atoms with Gasteiger partial charge in [-0.05, 0) is 55.7 Å². The van der Waals surface area contributed by atoms with E-state index in [1.54, 1.807) is 17.9 Å². The number of rotatable bonds is 17. The van der Waals surface area contributed by atoms with Gasteiger partial charge in [0.2, 0.25) is 0 Å². The van der Waals surface area contributed by atoms with Crippen LogP contribution in [0.15, 0.2) is 48.5 Å². The number of carboxylic acid groups (broad SMARTS) is 1. The van der Waals surface area contributed by atoms with Crippen molar-refractivity contribution in [3.8, 4) is 11.5 Å². The molecule has 0 heterocycles. The summed E-state index contributed by atoms with van der Waals surface area (Å²) in [6.45, 7) is 7.64. The quantitative estimate of drug-likeness (QED) is 0.258. The normalized spacial score (nSPS) is 11.6. The lowest BCUT2D eigenvalue weighted by molar-refractivity contribution is -0.149. The van der Waals surface area contributed by atoms with Gasteiger partial charge in [0.1, 0.15) is 18.1 Å². The van der Waals surface area contributed by atoms with Gasteiger partial charge in [-0.1, -0.05) is 63.3 Å². The highest BCUT2D eigenvalue weighted by Gasteiger charge is 2.18. The molecule has 7 heteroatoms. The summed E-state index contributed by atoms with van der Waals surface area (Å²) < 4.78 is 16.8. The number of amides is 1. The molecule has 0 aliphatic carbocycles. The number of hydrogen-bond donors (Lipinski definition) is 1. The molecule has 1 atom stereocenters. The number of carbonyl (C=O) groups excluding carboxylic acids is 1. The highest BCUT2D eigenvalue weighted by molar-refractivity contribution is 5.72. The van der Waals surface area contributed by atoms with E-state index >= 15 is 0 Å². The van der Waals surface area contributed by atoms with Crippen molar-refractivity contribution in [3.63, 3.8) is 0 Å². The summed E-state index contributed by atoms with van der Waals surface area (Å²) in [5.41, 5.74) is 1.89. The Kier molecular flexibility index (Phi) is 13.4. The van der Waals surface area contributed by atoms with Gasteiger partial charge >= 0.3 is 12.1 Å². The lowest BCUT2D eigenvalue weighted by Crippen LogP contribution is -2.37. The second kappa shape index (κ2) is 16.6. The first-order chi connectivity index (χ1) is 17.4. The van der Waals surface area contributed by atoms with Crippen molar-refractivity contribution in [3.05, 3.63) is 59.7 Å². The maximum absolute atomic E-state index is 12.9. The summed E-state index contributed by atoms with van der Waals surface area (Å²) in [5.74, 6) is 0.227. The van der Waals surface area contributed by atoms with Crippen molar-refractivity contribution >= 4 is 12.1 Å². The number of aliphatic carboxylic acids is 1. The summed E-state index contributed by atoms with van der Waals surface area (Å²) in [5, 5.41) is 9.26. The highest BCUT2D eigenvalue weighted by Crippen LogP contribution is 2.16. The zero-order valence-corrected chi connectivity index (χ0v) is 21.9. The lowest BCUT2D eigenvalue weighted by Gasteiger charge is -2.22. The number of hydrogen-bond acceptors (Lipinski definition) is 5. The molecule has 1 N–H and O–H groups in total. The van der Waals surface area contributed by atoms with E-state index in [4.69, 9.17) is 14.2 Å². The second-order valence-corrected chi connectivity index (χ2v) is 8.92. The molecule has 198 valence electrons. The van der Waals surface area contributed by atoms with Gasteiger partial charge in [0.15, 0.2) is 6.10 Å². The number of benzene rings is 2. The van der Waals surface area contributed by atoms with Gasteiger partial charge in [-0.25, -0.2) is 9.59 Å². The average Bonchev–Trinajstić information content (AvgIpc) is 2.85. The first kappa shape index (κ1) is 29.2. The predicted molar refractivity (Wildman–Crippen MR) is 141 cm³/mol. The Morgan fingerprint density at radius 3 is 2.31 bits per heavy atom. The van der Waals surface area contributed by atoms with Gasteiger partial charge < -0.3 is 24.2 Å². The minimum absolute atomic E-state index is 0.292. The van der Waals surface area contributed by atoms with Crippen molar-refractivity contribution in [1.82, 2.24) is 4.90 Å². The van der Waals surface area contributed by atoms with Crippen LogP contribution in [0.1, 0.15) is 63.5 Å². The molecular formula is C29H41NO6. The zero-order valence-electron chi connectivity index (χ0n) is 21.9. The van der Waals surface area contributed by atoms with Crippen molar-refractivity contribution in [2.45, 2.75) is 71.8 Å². The van der Waals surface area contributed by atoms with Crippen molar-refractivity contribution in [2.75, 3.05) is 26.3 Å². The first-order valence-corrected chi connectivity index (χ1v) is 13.0. The molecule has 2 aromatic rings. The fraction of sp³-hybridized carbons (Fsp3) is 0.517. The van der Waals surface area contributed by atoms with Crippen LogP contribution < -0.4 is 9.47 Å². The highest BCUT2D eigenvalue weighted by atomic mass is 16.6. The standard InChI is InChI=1S/C29H41NO6/c1-4-6-7-8-9-10-18-30(29(33)36-26-13-11-12-23(3)21-26)19-20-35-25-16-14-24(15-17-25)22-27(28(31)32)34-5-2/h11-17,21,27H,4-10,18-20,22H2,1-3H3,(H,31,32). The molecule has 0 aliphatic rings. The molecule has 0 spiro atoms. The number of nitrogens with zero attached hydrogens (tertiary/aromatic N) is 1. The molecule has 0 bridgehead atoms. The van der Waals surface area contributed by atoms with E-state index < -0.39 is 12.1 Å². The van der Waals surface area contributed by atoms with E-state index in [-0.39, 0.29) is 6.09 Å². The molecule has 0 fully saturated rings. The van der Waals surface area contributed by atoms with E-state index in [0.29, 0.717) is 44.2 Å². The van der Waals surface area contributed by atoms with Crippen LogP contribution >= 0.6 is 0 Å². The molecule has 0 aliphatic heterocycles. The van der Waals surface area contributed by atoms with Crippen molar-refractivity contribution < 1.29 is 28.9 Å². The molecule has 0 radical (unpaired) electrons. The van der Waals surface area contributed by atoms with Crippen LogP contribution in [0.25, 0.3) is 0 Å². The van der Waals surface area contributed by atoms with Gasteiger partial charge in [0.25, 0.3) is 0 Å².